The molecule has 3 rings (SSSR count). The SMILES string of the molecule is N#Cc1ccc(C(=O)Nc2ccc(NC(=O)c3ccccc3)cc2)c(F)c1. The fourth-order valence-corrected chi connectivity index (χ4v) is 2.40. The summed E-state index contributed by atoms with van der Waals surface area (Å²) in [5.74, 6) is -1.64. The molecule has 0 atom stereocenters. The summed E-state index contributed by atoms with van der Waals surface area (Å²) in [6, 6.07) is 20.7. The average molecular weight is 359 g/mol. The predicted octanol–water partition coefficient (Wildman–Crippen LogP) is 4.20. The van der Waals surface area contributed by atoms with Crippen LogP contribution in [-0.2, 0) is 0 Å². The number of carbonyl (C=O) groups excluding carboxylic acids is 2. The number of nitrogens with one attached hydrogen (secondary N) is 2. The highest BCUT2D eigenvalue weighted by Crippen LogP contribution is 2.17. The van der Waals surface area contributed by atoms with Crippen LogP contribution in [0.2, 0.25) is 0 Å². The van der Waals surface area contributed by atoms with Crippen molar-refractivity contribution < 1.29 is 14.0 Å². The van der Waals surface area contributed by atoms with Crippen LogP contribution in [0.1, 0.15) is 26.3 Å². The average Bonchev–Trinajstić information content (AvgIpc) is 2.69. The molecule has 2 amide bonds. The molecule has 132 valence electrons. The van der Waals surface area contributed by atoms with Crippen molar-refractivity contribution in [2.45, 2.75) is 0 Å². The fraction of sp³-hybridized carbons (Fsp3) is 0. The number of hydrogen-bond donors (Lipinski definition) is 2. The summed E-state index contributed by atoms with van der Waals surface area (Å²) in [4.78, 5) is 24.3. The molecule has 27 heavy (non-hydrogen) atoms. The third-order valence-electron chi connectivity index (χ3n) is 3.78. The maximum Gasteiger partial charge on any atom is 0.258 e. The molecule has 0 spiro atoms. The zero-order valence-corrected chi connectivity index (χ0v) is 14.1. The van der Waals surface area contributed by atoms with Gasteiger partial charge in [0.05, 0.1) is 17.2 Å². The maximum absolute atomic E-state index is 13.9. The van der Waals surface area contributed by atoms with Crippen molar-refractivity contribution in [3.8, 4) is 6.07 Å². The smallest absolute Gasteiger partial charge is 0.258 e. The first-order valence-electron chi connectivity index (χ1n) is 8.04. The van der Waals surface area contributed by atoms with Gasteiger partial charge in [-0.3, -0.25) is 9.59 Å². The van der Waals surface area contributed by atoms with E-state index in [9.17, 15) is 14.0 Å². The van der Waals surface area contributed by atoms with Crippen LogP contribution < -0.4 is 10.6 Å². The molecule has 5 nitrogen and oxygen atoms in total. The molecule has 0 aliphatic rings. The first kappa shape index (κ1) is 17.8. The lowest BCUT2D eigenvalue weighted by molar-refractivity contribution is 0.101. The van der Waals surface area contributed by atoms with E-state index in [1.807, 2.05) is 12.1 Å². The van der Waals surface area contributed by atoms with Gasteiger partial charge in [-0.05, 0) is 54.6 Å². The molecule has 0 saturated heterocycles. The van der Waals surface area contributed by atoms with E-state index in [0.29, 0.717) is 16.9 Å². The van der Waals surface area contributed by atoms with Crippen molar-refractivity contribution in [2.75, 3.05) is 10.6 Å². The van der Waals surface area contributed by atoms with Crippen molar-refractivity contribution in [3.63, 3.8) is 0 Å². The van der Waals surface area contributed by atoms with E-state index < -0.39 is 11.7 Å². The normalized spacial score (nSPS) is 9.93. The number of anilines is 2. The van der Waals surface area contributed by atoms with Crippen LogP contribution in [0.5, 0.6) is 0 Å². The molecule has 0 aromatic heterocycles. The van der Waals surface area contributed by atoms with Gasteiger partial charge in [-0.15, -0.1) is 0 Å². The summed E-state index contributed by atoms with van der Waals surface area (Å²) in [7, 11) is 0. The van der Waals surface area contributed by atoms with Crippen LogP contribution in [0.4, 0.5) is 15.8 Å². The fourth-order valence-electron chi connectivity index (χ4n) is 2.40. The lowest BCUT2D eigenvalue weighted by Crippen LogP contribution is -2.14. The number of nitriles is 1. The summed E-state index contributed by atoms with van der Waals surface area (Å²) in [6.07, 6.45) is 0. The number of rotatable bonds is 4. The van der Waals surface area contributed by atoms with E-state index in [-0.39, 0.29) is 17.0 Å². The molecular weight excluding hydrogens is 345 g/mol. The molecule has 0 heterocycles. The van der Waals surface area contributed by atoms with E-state index in [1.54, 1.807) is 48.5 Å². The van der Waals surface area contributed by atoms with E-state index in [1.165, 1.54) is 12.1 Å². The van der Waals surface area contributed by atoms with Gasteiger partial charge in [-0.2, -0.15) is 5.26 Å². The quantitative estimate of drug-likeness (QED) is 0.732. The van der Waals surface area contributed by atoms with Crippen LogP contribution >= 0.6 is 0 Å². The first-order chi connectivity index (χ1) is 13.1. The van der Waals surface area contributed by atoms with Gasteiger partial charge in [-0.25, -0.2) is 4.39 Å². The topological polar surface area (TPSA) is 82.0 Å². The Hall–Kier alpha value is -3.98. The summed E-state index contributed by atoms with van der Waals surface area (Å²) in [6.45, 7) is 0. The Balaban J connectivity index is 1.66. The van der Waals surface area contributed by atoms with Crippen molar-refractivity contribution in [1.82, 2.24) is 0 Å². The Morgan fingerprint density at radius 2 is 1.41 bits per heavy atom. The molecule has 0 saturated carbocycles. The minimum Gasteiger partial charge on any atom is -0.322 e. The Labute approximate surface area is 155 Å². The molecule has 3 aromatic rings. The first-order valence-corrected chi connectivity index (χ1v) is 8.04. The molecule has 0 radical (unpaired) electrons. The standard InChI is InChI=1S/C21H14FN3O2/c22-19-12-14(13-23)6-11-18(19)21(27)25-17-9-7-16(8-10-17)24-20(26)15-4-2-1-3-5-15/h1-12H,(H,24,26)(H,25,27). The molecule has 2 N–H and O–H groups in total. The lowest BCUT2D eigenvalue weighted by Gasteiger charge is -2.09. The Morgan fingerprint density at radius 1 is 0.815 bits per heavy atom. The highest BCUT2D eigenvalue weighted by atomic mass is 19.1. The number of carbonyl (C=O) groups is 2. The second-order valence-corrected chi connectivity index (χ2v) is 5.66. The molecule has 0 bridgehead atoms. The molecule has 6 heteroatoms. The monoisotopic (exact) mass is 359 g/mol. The zero-order chi connectivity index (χ0) is 19.2. The van der Waals surface area contributed by atoms with Gasteiger partial charge >= 0.3 is 0 Å². The molecule has 0 aliphatic carbocycles. The van der Waals surface area contributed by atoms with E-state index >= 15 is 0 Å². The Kier molecular flexibility index (Phi) is 5.24. The molecule has 3 aromatic carbocycles. The van der Waals surface area contributed by atoms with E-state index in [2.05, 4.69) is 10.6 Å². The van der Waals surface area contributed by atoms with Crippen LogP contribution in [0, 0.1) is 17.1 Å². The van der Waals surface area contributed by atoms with Crippen molar-refractivity contribution in [3.05, 3.63) is 95.3 Å². The van der Waals surface area contributed by atoms with E-state index in [4.69, 9.17) is 5.26 Å². The van der Waals surface area contributed by atoms with Gasteiger partial charge in [0, 0.05) is 16.9 Å². The Morgan fingerprint density at radius 3 is 1.96 bits per heavy atom. The third-order valence-corrected chi connectivity index (χ3v) is 3.78. The van der Waals surface area contributed by atoms with Crippen LogP contribution in [0.3, 0.4) is 0 Å². The van der Waals surface area contributed by atoms with Gasteiger partial charge < -0.3 is 10.6 Å². The molecule has 0 fully saturated rings. The van der Waals surface area contributed by atoms with Crippen LogP contribution in [0.25, 0.3) is 0 Å². The number of nitrogens with zero attached hydrogens (tertiary/aromatic N) is 1. The van der Waals surface area contributed by atoms with Gasteiger partial charge in [0.15, 0.2) is 0 Å². The largest absolute Gasteiger partial charge is 0.322 e. The van der Waals surface area contributed by atoms with Crippen molar-refractivity contribution in [2.24, 2.45) is 0 Å². The maximum atomic E-state index is 13.9. The highest BCUT2D eigenvalue weighted by molar-refractivity contribution is 6.05. The van der Waals surface area contributed by atoms with Gasteiger partial charge in [0.2, 0.25) is 0 Å². The number of hydrogen-bond acceptors (Lipinski definition) is 3. The lowest BCUT2D eigenvalue weighted by atomic mass is 10.1. The summed E-state index contributed by atoms with van der Waals surface area (Å²) >= 11 is 0. The van der Waals surface area contributed by atoms with Crippen molar-refractivity contribution in [1.29, 1.82) is 5.26 Å². The van der Waals surface area contributed by atoms with Crippen molar-refractivity contribution >= 4 is 23.2 Å². The second-order valence-electron chi connectivity index (χ2n) is 5.66. The third kappa shape index (κ3) is 4.35. The van der Waals surface area contributed by atoms with Gasteiger partial charge in [0.25, 0.3) is 11.8 Å². The zero-order valence-electron chi connectivity index (χ0n) is 14.1. The second kappa shape index (κ2) is 7.93. The number of benzene rings is 3. The highest BCUT2D eigenvalue weighted by Gasteiger charge is 2.13. The van der Waals surface area contributed by atoms with Crippen LogP contribution in [-0.4, -0.2) is 11.8 Å². The summed E-state index contributed by atoms with van der Waals surface area (Å²) < 4.78 is 13.9. The van der Waals surface area contributed by atoms with Crippen LogP contribution in [0.15, 0.2) is 72.8 Å². The van der Waals surface area contributed by atoms with Gasteiger partial charge in [0.1, 0.15) is 5.82 Å². The minimum atomic E-state index is -0.765. The minimum absolute atomic E-state index is 0.141. The molecule has 0 unspecified atom stereocenters. The Bertz CT molecular complexity index is 1030. The molecular formula is C21H14FN3O2. The number of halogens is 1. The number of amides is 2. The molecule has 0 aliphatic heterocycles. The van der Waals surface area contributed by atoms with Gasteiger partial charge in [-0.1, -0.05) is 18.2 Å². The predicted molar refractivity (Wildman–Crippen MR) is 99.9 cm³/mol. The summed E-state index contributed by atoms with van der Waals surface area (Å²) in [5, 5.41) is 14.1. The van der Waals surface area contributed by atoms with E-state index in [0.717, 1.165) is 6.07 Å². The summed E-state index contributed by atoms with van der Waals surface area (Å²) in [5.41, 5.74) is 1.53.